The highest BCUT2D eigenvalue weighted by Gasteiger charge is 2.29. The fourth-order valence-corrected chi connectivity index (χ4v) is 5.46. The molecule has 4 rings (SSSR count). The molecule has 7 nitrogen and oxygen atoms in total. The third-order valence-corrected chi connectivity index (χ3v) is 7.79. The lowest BCUT2D eigenvalue weighted by atomic mass is 10.1. The molecular formula is C26H27ClN2O5S. The van der Waals surface area contributed by atoms with Gasteiger partial charge in [-0.1, -0.05) is 41.4 Å². The number of rotatable bonds is 7. The highest BCUT2D eigenvalue weighted by Crippen LogP contribution is 2.33. The quantitative estimate of drug-likeness (QED) is 0.489. The van der Waals surface area contributed by atoms with Crippen LogP contribution in [0.2, 0.25) is 5.02 Å². The van der Waals surface area contributed by atoms with Crippen LogP contribution in [0.3, 0.4) is 0 Å². The molecule has 0 bridgehead atoms. The number of amides is 1. The lowest BCUT2D eigenvalue weighted by Crippen LogP contribution is -2.42. The summed E-state index contributed by atoms with van der Waals surface area (Å²) in [7, 11) is -4.04. The smallest absolute Gasteiger partial charge is 0.264 e. The molecule has 35 heavy (non-hydrogen) atoms. The van der Waals surface area contributed by atoms with Crippen molar-refractivity contribution >= 4 is 33.2 Å². The summed E-state index contributed by atoms with van der Waals surface area (Å²) in [4.78, 5) is 13.2. The zero-order valence-corrected chi connectivity index (χ0v) is 21.3. The van der Waals surface area contributed by atoms with Gasteiger partial charge in [-0.3, -0.25) is 9.10 Å². The molecule has 1 N–H and O–H groups in total. The summed E-state index contributed by atoms with van der Waals surface area (Å²) in [5, 5.41) is 3.27. The molecule has 0 saturated heterocycles. The molecule has 0 aliphatic carbocycles. The number of sulfonamides is 1. The van der Waals surface area contributed by atoms with Crippen LogP contribution in [0, 0.1) is 13.8 Å². The standard InChI is InChI=1S/C26H27ClN2O5S/c1-17-4-9-22(10-5-17)35(31,32)29(23-15-21(27)8-6-18(23)2)16-26(30)28-19(3)20-7-11-24-25(14-20)34-13-12-33-24/h4-11,14-15,19H,12-13,16H2,1-3H3,(H,28,30). The number of benzene rings is 3. The number of carbonyl (C=O) groups is 1. The summed E-state index contributed by atoms with van der Waals surface area (Å²) >= 11 is 6.19. The molecule has 1 atom stereocenters. The van der Waals surface area contributed by atoms with Gasteiger partial charge < -0.3 is 14.8 Å². The molecule has 0 saturated carbocycles. The minimum Gasteiger partial charge on any atom is -0.486 e. The number of fused-ring (bicyclic) bond motifs is 1. The van der Waals surface area contributed by atoms with E-state index in [9.17, 15) is 13.2 Å². The van der Waals surface area contributed by atoms with Crippen LogP contribution in [0.1, 0.15) is 29.7 Å². The van der Waals surface area contributed by atoms with Gasteiger partial charge in [0.15, 0.2) is 11.5 Å². The van der Waals surface area contributed by atoms with Crippen LogP contribution < -0.4 is 19.1 Å². The van der Waals surface area contributed by atoms with Crippen LogP contribution in [-0.2, 0) is 14.8 Å². The van der Waals surface area contributed by atoms with Gasteiger partial charge in [-0.2, -0.15) is 0 Å². The van der Waals surface area contributed by atoms with Gasteiger partial charge in [0.2, 0.25) is 5.91 Å². The first-order valence-electron chi connectivity index (χ1n) is 11.2. The second kappa shape index (κ2) is 10.2. The Hall–Kier alpha value is -3.23. The van der Waals surface area contributed by atoms with Gasteiger partial charge in [-0.15, -0.1) is 0 Å². The second-order valence-corrected chi connectivity index (χ2v) is 10.7. The van der Waals surface area contributed by atoms with E-state index in [1.165, 1.54) is 12.1 Å². The maximum absolute atomic E-state index is 13.6. The van der Waals surface area contributed by atoms with Gasteiger partial charge >= 0.3 is 0 Å². The minimum absolute atomic E-state index is 0.0927. The Kier molecular flexibility index (Phi) is 7.23. The molecule has 1 unspecified atom stereocenters. The van der Waals surface area contributed by atoms with Crippen LogP contribution >= 0.6 is 11.6 Å². The fourth-order valence-electron chi connectivity index (χ4n) is 3.82. The van der Waals surface area contributed by atoms with E-state index in [2.05, 4.69) is 5.32 Å². The Morgan fingerprint density at radius 1 is 1.00 bits per heavy atom. The highest BCUT2D eigenvalue weighted by atomic mass is 35.5. The molecule has 0 aromatic heterocycles. The van der Waals surface area contributed by atoms with Crippen LogP contribution in [0.25, 0.3) is 0 Å². The van der Waals surface area contributed by atoms with E-state index in [-0.39, 0.29) is 10.9 Å². The van der Waals surface area contributed by atoms with Gasteiger partial charge in [0.25, 0.3) is 10.0 Å². The summed E-state index contributed by atoms with van der Waals surface area (Å²) < 4.78 is 39.5. The lowest BCUT2D eigenvalue weighted by Gasteiger charge is -2.27. The Morgan fingerprint density at radius 3 is 2.40 bits per heavy atom. The number of carbonyl (C=O) groups excluding carboxylic acids is 1. The highest BCUT2D eigenvalue weighted by molar-refractivity contribution is 7.92. The van der Waals surface area contributed by atoms with E-state index in [1.54, 1.807) is 43.3 Å². The van der Waals surface area contributed by atoms with E-state index in [4.69, 9.17) is 21.1 Å². The monoisotopic (exact) mass is 514 g/mol. The fraction of sp³-hybridized carbons (Fsp3) is 0.269. The first kappa shape index (κ1) is 24.9. The molecule has 3 aromatic rings. The van der Waals surface area contributed by atoms with Crippen molar-refractivity contribution in [3.05, 3.63) is 82.4 Å². The van der Waals surface area contributed by atoms with Crippen molar-refractivity contribution in [2.75, 3.05) is 24.1 Å². The van der Waals surface area contributed by atoms with Crippen molar-refractivity contribution in [3.63, 3.8) is 0 Å². The molecule has 1 amide bonds. The number of nitrogens with one attached hydrogen (secondary N) is 1. The number of anilines is 1. The maximum Gasteiger partial charge on any atom is 0.264 e. The Balaban J connectivity index is 1.61. The van der Waals surface area contributed by atoms with E-state index in [1.807, 2.05) is 26.0 Å². The summed E-state index contributed by atoms with van der Waals surface area (Å²) in [6.07, 6.45) is 0. The number of hydrogen-bond acceptors (Lipinski definition) is 5. The van der Waals surface area contributed by atoms with Gasteiger partial charge in [-0.25, -0.2) is 8.42 Å². The van der Waals surface area contributed by atoms with Crippen LogP contribution in [0.5, 0.6) is 11.5 Å². The van der Waals surface area contributed by atoms with Gasteiger partial charge in [-0.05, 0) is 68.3 Å². The number of nitrogens with zero attached hydrogens (tertiary/aromatic N) is 1. The SMILES string of the molecule is Cc1ccc(S(=O)(=O)N(CC(=O)NC(C)c2ccc3c(c2)OCCO3)c2cc(Cl)ccc2C)cc1. The second-order valence-electron chi connectivity index (χ2n) is 8.45. The first-order chi connectivity index (χ1) is 16.6. The Bertz CT molecular complexity index is 1340. The van der Waals surface area contributed by atoms with Crippen molar-refractivity contribution in [1.82, 2.24) is 5.32 Å². The molecule has 184 valence electrons. The van der Waals surface area contributed by atoms with E-state index < -0.39 is 22.5 Å². The predicted octanol–water partition coefficient (Wildman–Crippen LogP) is 4.80. The molecule has 0 fully saturated rings. The zero-order valence-electron chi connectivity index (χ0n) is 19.7. The minimum atomic E-state index is -4.04. The van der Waals surface area contributed by atoms with Crippen LogP contribution in [0.4, 0.5) is 5.69 Å². The molecule has 3 aromatic carbocycles. The number of aryl methyl sites for hydroxylation is 2. The summed E-state index contributed by atoms with van der Waals surface area (Å²) in [5.74, 6) is 0.820. The zero-order chi connectivity index (χ0) is 25.2. The first-order valence-corrected chi connectivity index (χ1v) is 13.0. The Labute approximate surface area is 210 Å². The van der Waals surface area contributed by atoms with Crippen molar-refractivity contribution in [1.29, 1.82) is 0 Å². The average molecular weight is 515 g/mol. The molecule has 1 heterocycles. The Morgan fingerprint density at radius 2 is 1.69 bits per heavy atom. The number of hydrogen-bond donors (Lipinski definition) is 1. The van der Waals surface area contributed by atoms with Gasteiger partial charge in [0.1, 0.15) is 19.8 Å². The van der Waals surface area contributed by atoms with Crippen molar-refractivity contribution in [3.8, 4) is 11.5 Å². The largest absolute Gasteiger partial charge is 0.486 e. The number of ether oxygens (including phenoxy) is 2. The third kappa shape index (κ3) is 5.55. The third-order valence-electron chi connectivity index (χ3n) is 5.78. The molecular weight excluding hydrogens is 488 g/mol. The van der Waals surface area contributed by atoms with E-state index >= 15 is 0 Å². The lowest BCUT2D eigenvalue weighted by molar-refractivity contribution is -0.120. The van der Waals surface area contributed by atoms with Gasteiger partial charge in [0.05, 0.1) is 16.6 Å². The molecule has 9 heteroatoms. The summed E-state index contributed by atoms with van der Waals surface area (Å²) in [5.41, 5.74) is 2.77. The normalized spacial score (nSPS) is 13.7. The number of halogens is 1. The molecule has 1 aliphatic heterocycles. The van der Waals surface area contributed by atoms with Crippen molar-refractivity contribution in [2.24, 2.45) is 0 Å². The summed E-state index contributed by atoms with van der Waals surface area (Å²) in [6, 6.07) is 16.6. The van der Waals surface area contributed by atoms with Crippen LogP contribution in [0.15, 0.2) is 65.6 Å². The average Bonchev–Trinajstić information content (AvgIpc) is 2.84. The van der Waals surface area contributed by atoms with Gasteiger partial charge in [0, 0.05) is 5.02 Å². The topological polar surface area (TPSA) is 84.9 Å². The van der Waals surface area contributed by atoms with Crippen LogP contribution in [-0.4, -0.2) is 34.1 Å². The molecule has 1 aliphatic rings. The van der Waals surface area contributed by atoms with E-state index in [0.29, 0.717) is 41.0 Å². The van der Waals surface area contributed by atoms with E-state index in [0.717, 1.165) is 15.4 Å². The predicted molar refractivity (Wildman–Crippen MR) is 136 cm³/mol. The molecule has 0 spiro atoms. The maximum atomic E-state index is 13.6. The summed E-state index contributed by atoms with van der Waals surface area (Å²) in [6.45, 7) is 6.02. The van der Waals surface area contributed by atoms with Crippen molar-refractivity contribution in [2.45, 2.75) is 31.7 Å². The van der Waals surface area contributed by atoms with Crippen molar-refractivity contribution < 1.29 is 22.7 Å². The molecule has 0 radical (unpaired) electrons.